The quantitative estimate of drug-likeness (QED) is 0.497. The predicted octanol–water partition coefficient (Wildman–Crippen LogP) is 3.45. The van der Waals surface area contributed by atoms with Crippen molar-refractivity contribution in [2.75, 3.05) is 27.3 Å². The lowest BCUT2D eigenvalue weighted by Crippen LogP contribution is -2.29. The van der Waals surface area contributed by atoms with Gasteiger partial charge in [-0.1, -0.05) is 12.7 Å². The Morgan fingerprint density at radius 3 is 2.50 bits per heavy atom. The summed E-state index contributed by atoms with van der Waals surface area (Å²) in [4.78, 5) is 25.8. The van der Waals surface area contributed by atoms with Gasteiger partial charge < -0.3 is 19.1 Å². The summed E-state index contributed by atoms with van der Waals surface area (Å²) < 4.78 is 16.0. The van der Waals surface area contributed by atoms with Crippen LogP contribution in [0, 0.1) is 0 Å². The maximum atomic E-state index is 12.5. The fourth-order valence-corrected chi connectivity index (χ4v) is 2.24. The van der Waals surface area contributed by atoms with Gasteiger partial charge in [0.1, 0.15) is 12.2 Å². The number of esters is 1. The lowest BCUT2D eigenvalue weighted by atomic mass is 10.1. The van der Waals surface area contributed by atoms with Crippen LogP contribution in [0.1, 0.15) is 44.0 Å². The highest BCUT2D eigenvalue weighted by Crippen LogP contribution is 2.28. The van der Waals surface area contributed by atoms with Crippen LogP contribution in [0.15, 0.2) is 30.9 Å². The van der Waals surface area contributed by atoms with Gasteiger partial charge in [-0.05, 0) is 45.4 Å². The molecule has 0 saturated heterocycles. The van der Waals surface area contributed by atoms with E-state index in [9.17, 15) is 9.59 Å². The molecule has 1 rings (SSSR count). The van der Waals surface area contributed by atoms with E-state index in [1.54, 1.807) is 36.2 Å². The zero-order valence-electron chi connectivity index (χ0n) is 16.3. The smallest absolute Gasteiger partial charge is 0.306 e. The van der Waals surface area contributed by atoms with Crippen molar-refractivity contribution >= 4 is 11.9 Å². The largest absolute Gasteiger partial charge is 0.493 e. The molecule has 0 N–H and O–H groups in total. The van der Waals surface area contributed by atoms with E-state index in [0.29, 0.717) is 36.6 Å². The van der Waals surface area contributed by atoms with Crippen LogP contribution >= 0.6 is 0 Å². The Labute approximate surface area is 155 Å². The molecule has 1 aromatic rings. The monoisotopic (exact) mass is 363 g/mol. The van der Waals surface area contributed by atoms with Gasteiger partial charge in [0.25, 0.3) is 5.91 Å². The van der Waals surface area contributed by atoms with E-state index >= 15 is 0 Å². The maximum Gasteiger partial charge on any atom is 0.306 e. The second kappa shape index (κ2) is 9.85. The summed E-state index contributed by atoms with van der Waals surface area (Å²) in [5, 5.41) is 0. The second-order valence-electron chi connectivity index (χ2n) is 6.88. The lowest BCUT2D eigenvalue weighted by molar-refractivity contribution is -0.154. The summed E-state index contributed by atoms with van der Waals surface area (Å²) >= 11 is 0. The summed E-state index contributed by atoms with van der Waals surface area (Å²) in [6.45, 7) is 9.90. The molecule has 144 valence electrons. The van der Waals surface area contributed by atoms with Gasteiger partial charge in [-0.15, -0.1) is 0 Å². The average Bonchev–Trinajstić information content (AvgIpc) is 2.57. The average molecular weight is 363 g/mol. The van der Waals surface area contributed by atoms with Crippen LogP contribution in [-0.4, -0.2) is 49.7 Å². The van der Waals surface area contributed by atoms with E-state index in [0.717, 1.165) is 0 Å². The Hall–Kier alpha value is -2.50. The second-order valence-corrected chi connectivity index (χ2v) is 6.88. The van der Waals surface area contributed by atoms with Gasteiger partial charge in [0.15, 0.2) is 11.5 Å². The molecule has 1 aromatic carbocycles. The first kappa shape index (κ1) is 21.5. The number of amides is 1. The number of methoxy groups -OCH3 is 1. The van der Waals surface area contributed by atoms with Gasteiger partial charge in [0.05, 0.1) is 7.11 Å². The number of carbonyl (C=O) groups is 2. The Kier molecular flexibility index (Phi) is 8.16. The number of hydrogen-bond donors (Lipinski definition) is 0. The van der Waals surface area contributed by atoms with Gasteiger partial charge in [0, 0.05) is 25.6 Å². The SMILES string of the molecule is C=CCOc1ccc(C(=O)N(C)CCCC(=O)OC(C)(C)C)cc1OC. The summed E-state index contributed by atoms with van der Waals surface area (Å²) in [5.74, 6) is 0.628. The highest BCUT2D eigenvalue weighted by atomic mass is 16.6. The van der Waals surface area contributed by atoms with Crippen LogP contribution in [-0.2, 0) is 9.53 Å². The van der Waals surface area contributed by atoms with Crippen molar-refractivity contribution < 1.29 is 23.8 Å². The van der Waals surface area contributed by atoms with Crippen molar-refractivity contribution in [3.63, 3.8) is 0 Å². The van der Waals surface area contributed by atoms with Gasteiger partial charge >= 0.3 is 5.97 Å². The highest BCUT2D eigenvalue weighted by molar-refractivity contribution is 5.94. The standard InChI is InChI=1S/C20H29NO5/c1-7-13-25-16-11-10-15(14-17(16)24-6)19(23)21(5)12-8-9-18(22)26-20(2,3)4/h7,10-11,14H,1,8-9,12-13H2,2-6H3. The number of hydrogen-bond acceptors (Lipinski definition) is 5. The van der Waals surface area contributed by atoms with E-state index in [-0.39, 0.29) is 18.3 Å². The third-order valence-corrected chi connectivity index (χ3v) is 3.41. The van der Waals surface area contributed by atoms with Crippen LogP contribution in [0.5, 0.6) is 11.5 Å². The Morgan fingerprint density at radius 1 is 1.23 bits per heavy atom. The molecule has 0 heterocycles. The minimum Gasteiger partial charge on any atom is -0.493 e. The molecule has 0 aliphatic rings. The van der Waals surface area contributed by atoms with E-state index in [4.69, 9.17) is 14.2 Å². The van der Waals surface area contributed by atoms with Gasteiger partial charge in [-0.2, -0.15) is 0 Å². The first-order valence-corrected chi connectivity index (χ1v) is 8.57. The first-order valence-electron chi connectivity index (χ1n) is 8.57. The number of rotatable bonds is 9. The van der Waals surface area contributed by atoms with Crippen LogP contribution in [0.4, 0.5) is 0 Å². The molecule has 0 aliphatic carbocycles. The first-order chi connectivity index (χ1) is 12.2. The Morgan fingerprint density at radius 2 is 1.92 bits per heavy atom. The number of ether oxygens (including phenoxy) is 3. The molecular weight excluding hydrogens is 334 g/mol. The predicted molar refractivity (Wildman–Crippen MR) is 101 cm³/mol. The lowest BCUT2D eigenvalue weighted by Gasteiger charge is -2.21. The molecule has 0 saturated carbocycles. The topological polar surface area (TPSA) is 65.1 Å². The molecule has 0 aliphatic heterocycles. The summed E-state index contributed by atoms with van der Waals surface area (Å²) in [6.07, 6.45) is 2.44. The minimum absolute atomic E-state index is 0.150. The molecule has 0 atom stereocenters. The van der Waals surface area contributed by atoms with Gasteiger partial charge in [-0.3, -0.25) is 9.59 Å². The molecule has 0 fully saturated rings. The molecule has 0 radical (unpaired) electrons. The van der Waals surface area contributed by atoms with Gasteiger partial charge in [-0.25, -0.2) is 0 Å². The zero-order valence-corrected chi connectivity index (χ0v) is 16.3. The van der Waals surface area contributed by atoms with Crippen molar-refractivity contribution in [3.8, 4) is 11.5 Å². The van der Waals surface area contributed by atoms with Gasteiger partial charge in [0.2, 0.25) is 0 Å². The maximum absolute atomic E-state index is 12.5. The van der Waals surface area contributed by atoms with Crippen molar-refractivity contribution in [1.29, 1.82) is 0 Å². The van der Waals surface area contributed by atoms with E-state index in [1.165, 1.54) is 7.11 Å². The van der Waals surface area contributed by atoms with E-state index in [2.05, 4.69) is 6.58 Å². The molecular formula is C20H29NO5. The minimum atomic E-state index is -0.495. The van der Waals surface area contributed by atoms with E-state index in [1.807, 2.05) is 20.8 Å². The molecule has 0 aromatic heterocycles. The third kappa shape index (κ3) is 7.17. The van der Waals surface area contributed by atoms with Crippen molar-refractivity contribution in [3.05, 3.63) is 36.4 Å². The Balaban J connectivity index is 2.62. The van der Waals surface area contributed by atoms with Crippen LogP contribution in [0.2, 0.25) is 0 Å². The fourth-order valence-electron chi connectivity index (χ4n) is 2.24. The van der Waals surface area contributed by atoms with Crippen molar-refractivity contribution in [2.45, 2.75) is 39.2 Å². The molecule has 26 heavy (non-hydrogen) atoms. The van der Waals surface area contributed by atoms with Crippen molar-refractivity contribution in [1.82, 2.24) is 4.90 Å². The molecule has 6 nitrogen and oxygen atoms in total. The molecule has 1 amide bonds. The normalized spacial score (nSPS) is 10.8. The number of nitrogens with zero attached hydrogens (tertiary/aromatic N) is 1. The van der Waals surface area contributed by atoms with Crippen LogP contribution in [0.3, 0.4) is 0 Å². The molecule has 0 bridgehead atoms. The number of carbonyl (C=O) groups excluding carboxylic acids is 2. The third-order valence-electron chi connectivity index (χ3n) is 3.41. The molecule has 6 heteroatoms. The van der Waals surface area contributed by atoms with Crippen LogP contribution < -0.4 is 9.47 Å². The fraction of sp³-hybridized carbons (Fsp3) is 0.500. The summed E-state index contributed by atoms with van der Waals surface area (Å²) in [5.41, 5.74) is -0.00214. The van der Waals surface area contributed by atoms with E-state index < -0.39 is 5.60 Å². The molecule has 0 unspecified atom stereocenters. The summed E-state index contributed by atoms with van der Waals surface area (Å²) in [6, 6.07) is 5.03. The van der Waals surface area contributed by atoms with Crippen LogP contribution in [0.25, 0.3) is 0 Å². The zero-order chi connectivity index (χ0) is 19.7. The van der Waals surface area contributed by atoms with Crippen molar-refractivity contribution in [2.24, 2.45) is 0 Å². The number of benzene rings is 1. The molecule has 0 spiro atoms. The summed E-state index contributed by atoms with van der Waals surface area (Å²) in [7, 11) is 3.22. The highest BCUT2D eigenvalue weighted by Gasteiger charge is 2.18. The Bertz CT molecular complexity index is 634.